The third kappa shape index (κ3) is 3.50. The van der Waals surface area contributed by atoms with Crippen molar-refractivity contribution < 1.29 is 9.59 Å². The van der Waals surface area contributed by atoms with E-state index in [9.17, 15) is 9.59 Å². The van der Waals surface area contributed by atoms with Crippen LogP contribution in [-0.2, 0) is 4.79 Å². The van der Waals surface area contributed by atoms with Crippen LogP contribution >= 0.6 is 0 Å². The molecule has 2 aromatic carbocycles. The van der Waals surface area contributed by atoms with Crippen LogP contribution in [0.4, 0.5) is 0 Å². The molecule has 1 fully saturated rings. The molecule has 1 amide bonds. The Morgan fingerprint density at radius 1 is 1.00 bits per heavy atom. The van der Waals surface area contributed by atoms with Crippen molar-refractivity contribution in [2.24, 2.45) is 5.92 Å². The predicted molar refractivity (Wildman–Crippen MR) is 90.2 cm³/mol. The molecule has 3 nitrogen and oxygen atoms in total. The quantitative estimate of drug-likeness (QED) is 0.852. The second-order valence-corrected chi connectivity index (χ2v) is 6.18. The van der Waals surface area contributed by atoms with Gasteiger partial charge in [-0.3, -0.25) is 9.59 Å². The first-order valence-electron chi connectivity index (χ1n) is 8.15. The van der Waals surface area contributed by atoms with Crippen LogP contribution in [0.25, 0.3) is 0 Å². The monoisotopic (exact) mass is 307 g/mol. The van der Waals surface area contributed by atoms with Crippen molar-refractivity contribution in [1.29, 1.82) is 0 Å². The van der Waals surface area contributed by atoms with Crippen LogP contribution in [0.3, 0.4) is 0 Å². The van der Waals surface area contributed by atoms with Gasteiger partial charge in [-0.15, -0.1) is 0 Å². The number of carbonyl (C=O) groups excluding carboxylic acids is 2. The SMILES string of the molecule is C[C@@H](NC(=O)C1CCC1)c1cccc(C(=O)c2ccccc2)c1. The van der Waals surface area contributed by atoms with Gasteiger partial charge in [-0.25, -0.2) is 0 Å². The number of nitrogens with one attached hydrogen (secondary N) is 1. The number of hydrogen-bond acceptors (Lipinski definition) is 2. The fraction of sp³-hybridized carbons (Fsp3) is 0.300. The van der Waals surface area contributed by atoms with Crippen LogP contribution in [0.1, 0.15) is 53.7 Å². The molecule has 0 aromatic heterocycles. The van der Waals surface area contributed by atoms with Gasteiger partial charge in [0.05, 0.1) is 6.04 Å². The van der Waals surface area contributed by atoms with Crippen LogP contribution in [0.2, 0.25) is 0 Å². The molecule has 0 unspecified atom stereocenters. The molecule has 23 heavy (non-hydrogen) atoms. The molecule has 0 spiro atoms. The highest BCUT2D eigenvalue weighted by Crippen LogP contribution is 2.27. The van der Waals surface area contributed by atoms with Crippen LogP contribution in [0.5, 0.6) is 0 Å². The van der Waals surface area contributed by atoms with E-state index in [4.69, 9.17) is 0 Å². The first-order chi connectivity index (χ1) is 11.1. The number of carbonyl (C=O) groups is 2. The van der Waals surface area contributed by atoms with Gasteiger partial charge in [0, 0.05) is 17.0 Å². The number of rotatable bonds is 5. The zero-order valence-corrected chi connectivity index (χ0v) is 13.3. The molecule has 0 saturated heterocycles. The molecule has 0 bridgehead atoms. The topological polar surface area (TPSA) is 46.2 Å². The van der Waals surface area contributed by atoms with Gasteiger partial charge < -0.3 is 5.32 Å². The lowest BCUT2D eigenvalue weighted by Gasteiger charge is -2.26. The lowest BCUT2D eigenvalue weighted by Crippen LogP contribution is -2.36. The molecule has 118 valence electrons. The molecule has 3 heteroatoms. The van der Waals surface area contributed by atoms with Gasteiger partial charge in [0.25, 0.3) is 0 Å². The molecule has 1 atom stereocenters. The average molecular weight is 307 g/mol. The molecule has 0 aliphatic heterocycles. The Morgan fingerprint density at radius 2 is 1.70 bits per heavy atom. The Bertz CT molecular complexity index is 705. The van der Waals surface area contributed by atoms with Gasteiger partial charge in [-0.1, -0.05) is 55.0 Å². The highest BCUT2D eigenvalue weighted by Gasteiger charge is 2.26. The number of amides is 1. The number of ketones is 1. The number of benzene rings is 2. The van der Waals surface area contributed by atoms with Crippen LogP contribution in [0, 0.1) is 5.92 Å². The minimum Gasteiger partial charge on any atom is -0.349 e. The van der Waals surface area contributed by atoms with Gasteiger partial charge in [0.2, 0.25) is 5.91 Å². The summed E-state index contributed by atoms with van der Waals surface area (Å²) in [6.45, 7) is 1.96. The predicted octanol–water partition coefficient (Wildman–Crippen LogP) is 3.89. The summed E-state index contributed by atoms with van der Waals surface area (Å²) < 4.78 is 0. The van der Waals surface area contributed by atoms with Crippen molar-refractivity contribution in [3.63, 3.8) is 0 Å². The summed E-state index contributed by atoms with van der Waals surface area (Å²) in [4.78, 5) is 24.6. The maximum atomic E-state index is 12.5. The highest BCUT2D eigenvalue weighted by molar-refractivity contribution is 6.09. The van der Waals surface area contributed by atoms with E-state index in [1.807, 2.05) is 61.5 Å². The third-order valence-corrected chi connectivity index (χ3v) is 4.52. The number of hydrogen-bond donors (Lipinski definition) is 1. The second-order valence-electron chi connectivity index (χ2n) is 6.18. The van der Waals surface area contributed by atoms with E-state index in [0.29, 0.717) is 11.1 Å². The van der Waals surface area contributed by atoms with E-state index < -0.39 is 0 Å². The van der Waals surface area contributed by atoms with Crippen molar-refractivity contribution >= 4 is 11.7 Å². The Hall–Kier alpha value is -2.42. The Kier molecular flexibility index (Phi) is 4.56. The Labute approximate surface area is 136 Å². The molecule has 0 heterocycles. The summed E-state index contributed by atoms with van der Waals surface area (Å²) in [5.74, 6) is 0.306. The van der Waals surface area contributed by atoms with Crippen LogP contribution < -0.4 is 5.32 Å². The van der Waals surface area contributed by atoms with Crippen molar-refractivity contribution in [2.45, 2.75) is 32.2 Å². The van der Waals surface area contributed by atoms with E-state index in [1.165, 1.54) is 0 Å². The fourth-order valence-corrected chi connectivity index (χ4v) is 2.79. The molecule has 2 aromatic rings. The molecule has 1 saturated carbocycles. The van der Waals surface area contributed by atoms with Crippen LogP contribution in [0.15, 0.2) is 54.6 Å². The second kappa shape index (κ2) is 6.78. The molecular weight excluding hydrogens is 286 g/mol. The molecular formula is C20H21NO2. The zero-order chi connectivity index (χ0) is 16.2. The molecule has 3 rings (SSSR count). The van der Waals surface area contributed by atoms with E-state index in [-0.39, 0.29) is 23.7 Å². The van der Waals surface area contributed by atoms with Gasteiger partial charge >= 0.3 is 0 Å². The summed E-state index contributed by atoms with van der Waals surface area (Å²) in [6.07, 6.45) is 3.13. The highest BCUT2D eigenvalue weighted by atomic mass is 16.2. The van der Waals surface area contributed by atoms with Crippen molar-refractivity contribution in [3.8, 4) is 0 Å². The Morgan fingerprint density at radius 3 is 2.35 bits per heavy atom. The standard InChI is InChI=1S/C20H21NO2/c1-14(21-20(23)16-9-5-10-16)17-11-6-12-18(13-17)19(22)15-7-3-2-4-8-15/h2-4,6-8,11-14,16H,5,9-10H2,1H3,(H,21,23)/t14-/m1/s1. The zero-order valence-electron chi connectivity index (χ0n) is 13.3. The minimum atomic E-state index is -0.0911. The smallest absolute Gasteiger partial charge is 0.223 e. The maximum Gasteiger partial charge on any atom is 0.223 e. The Balaban J connectivity index is 1.74. The van der Waals surface area contributed by atoms with Gasteiger partial charge in [0.1, 0.15) is 0 Å². The molecule has 1 N–H and O–H groups in total. The van der Waals surface area contributed by atoms with Gasteiger partial charge in [0.15, 0.2) is 5.78 Å². The van der Waals surface area contributed by atoms with Crippen molar-refractivity contribution in [2.75, 3.05) is 0 Å². The summed E-state index contributed by atoms with van der Waals surface area (Å²) in [6, 6.07) is 16.7. The largest absolute Gasteiger partial charge is 0.349 e. The van der Waals surface area contributed by atoms with E-state index in [2.05, 4.69) is 5.32 Å². The van der Waals surface area contributed by atoms with Crippen molar-refractivity contribution in [1.82, 2.24) is 5.32 Å². The lowest BCUT2D eigenvalue weighted by atomic mass is 9.84. The van der Waals surface area contributed by atoms with E-state index in [1.54, 1.807) is 0 Å². The summed E-state index contributed by atoms with van der Waals surface area (Å²) in [7, 11) is 0. The fourth-order valence-electron chi connectivity index (χ4n) is 2.79. The summed E-state index contributed by atoms with van der Waals surface area (Å²) in [5, 5.41) is 3.05. The van der Waals surface area contributed by atoms with E-state index >= 15 is 0 Å². The molecule has 1 aliphatic carbocycles. The maximum absolute atomic E-state index is 12.5. The van der Waals surface area contributed by atoms with Gasteiger partial charge in [-0.2, -0.15) is 0 Å². The minimum absolute atomic E-state index is 0.00460. The van der Waals surface area contributed by atoms with Crippen LogP contribution in [-0.4, -0.2) is 11.7 Å². The third-order valence-electron chi connectivity index (χ3n) is 4.52. The van der Waals surface area contributed by atoms with Gasteiger partial charge in [-0.05, 0) is 31.4 Å². The normalized spacial score (nSPS) is 15.5. The summed E-state index contributed by atoms with van der Waals surface area (Å²) >= 11 is 0. The van der Waals surface area contributed by atoms with Crippen molar-refractivity contribution in [3.05, 3.63) is 71.3 Å². The average Bonchev–Trinajstić information content (AvgIpc) is 2.53. The lowest BCUT2D eigenvalue weighted by molar-refractivity contribution is -0.128. The first-order valence-corrected chi connectivity index (χ1v) is 8.15. The molecule has 1 aliphatic rings. The first kappa shape index (κ1) is 15.5. The summed E-state index contributed by atoms with van der Waals surface area (Å²) in [5.41, 5.74) is 2.29. The molecule has 0 radical (unpaired) electrons. The van der Waals surface area contributed by atoms with E-state index in [0.717, 1.165) is 24.8 Å².